The average Bonchev–Trinajstić information content (AvgIpc) is 2.59. The Morgan fingerprint density at radius 1 is 1.04 bits per heavy atom. The Labute approximate surface area is 146 Å². The Morgan fingerprint density at radius 2 is 1.71 bits per heavy atom. The first-order valence-electron chi connectivity index (χ1n) is 7.40. The van der Waals surface area contributed by atoms with Gasteiger partial charge in [-0.1, -0.05) is 48.0 Å². The van der Waals surface area contributed by atoms with Crippen molar-refractivity contribution in [3.05, 3.63) is 71.3 Å². The van der Waals surface area contributed by atoms with Crippen molar-refractivity contribution in [3.8, 4) is 0 Å². The van der Waals surface area contributed by atoms with Gasteiger partial charge in [-0.3, -0.25) is 14.9 Å². The molecule has 2 N–H and O–H groups in total. The summed E-state index contributed by atoms with van der Waals surface area (Å²) in [4.78, 5) is 23.6. The minimum atomic E-state index is -0.453. The molecule has 0 saturated heterocycles. The second-order valence-electron chi connectivity index (χ2n) is 5.15. The van der Waals surface area contributed by atoms with Gasteiger partial charge in [-0.25, -0.2) is 0 Å². The zero-order valence-electron chi connectivity index (χ0n) is 13.2. The predicted molar refractivity (Wildman–Crippen MR) is 95.5 cm³/mol. The van der Waals surface area contributed by atoms with Crippen molar-refractivity contribution in [2.75, 3.05) is 6.54 Å². The van der Waals surface area contributed by atoms with Crippen molar-refractivity contribution in [2.24, 2.45) is 0 Å². The van der Waals surface area contributed by atoms with Gasteiger partial charge in [-0.2, -0.15) is 0 Å². The van der Waals surface area contributed by atoms with Crippen molar-refractivity contribution < 1.29 is 14.3 Å². The normalized spacial score (nSPS) is 9.88. The number of carbonyl (C=O) groups excluding carboxylic acids is 2. The van der Waals surface area contributed by atoms with Gasteiger partial charge in [0.05, 0.1) is 0 Å². The highest BCUT2D eigenvalue weighted by molar-refractivity contribution is 7.80. The monoisotopic (exact) mass is 342 g/mol. The third kappa shape index (κ3) is 5.81. The number of benzene rings is 2. The molecule has 0 saturated carbocycles. The van der Waals surface area contributed by atoms with Gasteiger partial charge in [0.25, 0.3) is 5.91 Å². The van der Waals surface area contributed by atoms with E-state index in [1.54, 1.807) is 12.1 Å². The maximum Gasteiger partial charge on any atom is 0.325 e. The molecule has 0 heterocycles. The number of aryl methyl sites for hydroxylation is 1. The lowest BCUT2D eigenvalue weighted by atomic mass is 10.1. The summed E-state index contributed by atoms with van der Waals surface area (Å²) in [5.41, 5.74) is 2.46. The highest BCUT2D eigenvalue weighted by Crippen LogP contribution is 2.03. The fourth-order valence-corrected chi connectivity index (χ4v) is 2.03. The van der Waals surface area contributed by atoms with Crippen LogP contribution in [0.15, 0.2) is 54.6 Å². The number of nitrogens with one attached hydrogen (secondary N) is 2. The lowest BCUT2D eigenvalue weighted by molar-refractivity contribution is -0.143. The van der Waals surface area contributed by atoms with Crippen molar-refractivity contribution in [2.45, 2.75) is 13.5 Å². The van der Waals surface area contributed by atoms with E-state index in [9.17, 15) is 9.59 Å². The largest absolute Gasteiger partial charge is 0.460 e. The van der Waals surface area contributed by atoms with Crippen molar-refractivity contribution in [1.29, 1.82) is 0 Å². The van der Waals surface area contributed by atoms with Gasteiger partial charge >= 0.3 is 5.97 Å². The Morgan fingerprint density at radius 3 is 2.38 bits per heavy atom. The lowest BCUT2D eigenvalue weighted by Gasteiger charge is -2.10. The molecule has 6 heteroatoms. The van der Waals surface area contributed by atoms with Crippen LogP contribution >= 0.6 is 12.2 Å². The lowest BCUT2D eigenvalue weighted by Crippen LogP contribution is -2.41. The molecule has 0 aromatic heterocycles. The molecule has 0 aliphatic rings. The molecule has 0 atom stereocenters. The Kier molecular flexibility index (Phi) is 6.45. The molecule has 0 aliphatic heterocycles. The van der Waals surface area contributed by atoms with Crippen molar-refractivity contribution in [1.82, 2.24) is 10.6 Å². The molecule has 0 bridgehead atoms. The maximum atomic E-state index is 12.0. The summed E-state index contributed by atoms with van der Waals surface area (Å²) in [6.07, 6.45) is 0. The van der Waals surface area contributed by atoms with E-state index in [0.717, 1.165) is 11.1 Å². The molecular formula is C18H18N2O3S. The van der Waals surface area contributed by atoms with E-state index in [-0.39, 0.29) is 24.2 Å². The van der Waals surface area contributed by atoms with Gasteiger partial charge in [0.2, 0.25) is 0 Å². The highest BCUT2D eigenvalue weighted by Gasteiger charge is 2.09. The van der Waals surface area contributed by atoms with E-state index in [2.05, 4.69) is 10.6 Å². The Bertz CT molecular complexity index is 715. The van der Waals surface area contributed by atoms with Gasteiger partial charge in [-0.15, -0.1) is 0 Å². The first-order chi connectivity index (χ1) is 11.5. The van der Waals surface area contributed by atoms with E-state index < -0.39 is 5.97 Å². The van der Waals surface area contributed by atoms with Crippen LogP contribution < -0.4 is 10.6 Å². The van der Waals surface area contributed by atoms with E-state index in [4.69, 9.17) is 17.0 Å². The minimum absolute atomic E-state index is 0.0808. The standard InChI is InChI=1S/C18H18N2O3S/c1-13-7-9-15(10-8-13)17(22)20-18(24)19-11-16(21)23-12-14-5-3-2-4-6-14/h2-10H,11-12H2,1H3,(H2,19,20,22,24). The Balaban J connectivity index is 1.71. The zero-order valence-corrected chi connectivity index (χ0v) is 14.1. The number of rotatable bonds is 5. The number of hydrogen-bond donors (Lipinski definition) is 2. The highest BCUT2D eigenvalue weighted by atomic mass is 32.1. The molecule has 24 heavy (non-hydrogen) atoms. The fourth-order valence-electron chi connectivity index (χ4n) is 1.87. The third-order valence-electron chi connectivity index (χ3n) is 3.18. The first-order valence-corrected chi connectivity index (χ1v) is 7.81. The second kappa shape index (κ2) is 8.79. The molecule has 0 spiro atoms. The van der Waals surface area contributed by atoms with Gasteiger partial charge in [0.15, 0.2) is 5.11 Å². The number of hydrogen-bond acceptors (Lipinski definition) is 4. The van der Waals surface area contributed by atoms with Crippen LogP contribution in [0.1, 0.15) is 21.5 Å². The fraction of sp³-hybridized carbons (Fsp3) is 0.167. The van der Waals surface area contributed by atoms with Crippen molar-refractivity contribution >= 4 is 29.2 Å². The molecule has 1 amide bonds. The predicted octanol–water partition coefficient (Wildman–Crippen LogP) is 2.34. The number of amides is 1. The zero-order chi connectivity index (χ0) is 17.4. The van der Waals surface area contributed by atoms with E-state index in [0.29, 0.717) is 5.56 Å². The van der Waals surface area contributed by atoms with Crippen LogP contribution in [0.3, 0.4) is 0 Å². The summed E-state index contributed by atoms with van der Waals surface area (Å²) in [6.45, 7) is 2.03. The van der Waals surface area contributed by atoms with Gasteiger partial charge < -0.3 is 10.1 Å². The summed E-state index contributed by atoms with van der Waals surface area (Å²) in [5, 5.41) is 5.25. The number of carbonyl (C=O) groups is 2. The summed E-state index contributed by atoms with van der Waals surface area (Å²) >= 11 is 5.00. The van der Waals surface area contributed by atoms with Gasteiger partial charge in [-0.05, 0) is 36.8 Å². The average molecular weight is 342 g/mol. The topological polar surface area (TPSA) is 67.4 Å². The number of ether oxygens (including phenoxy) is 1. The number of esters is 1. The van der Waals surface area contributed by atoms with Crippen LogP contribution in [0.4, 0.5) is 0 Å². The van der Waals surface area contributed by atoms with E-state index in [1.807, 2.05) is 49.4 Å². The second-order valence-corrected chi connectivity index (χ2v) is 5.56. The molecule has 0 fully saturated rings. The van der Waals surface area contributed by atoms with E-state index in [1.165, 1.54) is 0 Å². The summed E-state index contributed by atoms with van der Waals surface area (Å²) in [6, 6.07) is 16.5. The summed E-state index contributed by atoms with van der Waals surface area (Å²) in [5.74, 6) is -0.782. The molecule has 2 aromatic carbocycles. The van der Waals surface area contributed by atoms with Crippen LogP contribution in [0, 0.1) is 6.92 Å². The summed E-state index contributed by atoms with van der Waals surface area (Å²) in [7, 11) is 0. The van der Waals surface area contributed by atoms with Crippen LogP contribution in [0.25, 0.3) is 0 Å². The minimum Gasteiger partial charge on any atom is -0.460 e. The molecule has 124 valence electrons. The van der Waals surface area contributed by atoms with Crippen molar-refractivity contribution in [3.63, 3.8) is 0 Å². The third-order valence-corrected chi connectivity index (χ3v) is 3.42. The number of thiocarbonyl (C=S) groups is 1. The SMILES string of the molecule is Cc1ccc(C(=O)NC(=S)NCC(=O)OCc2ccccc2)cc1. The quantitative estimate of drug-likeness (QED) is 0.645. The Hall–Kier alpha value is -2.73. The van der Waals surface area contributed by atoms with Crippen LogP contribution in [-0.4, -0.2) is 23.5 Å². The maximum absolute atomic E-state index is 12.0. The van der Waals surface area contributed by atoms with Gasteiger partial charge in [0.1, 0.15) is 13.2 Å². The smallest absolute Gasteiger partial charge is 0.325 e. The van der Waals surface area contributed by atoms with Crippen LogP contribution in [0.5, 0.6) is 0 Å². The summed E-state index contributed by atoms with van der Waals surface area (Å²) < 4.78 is 5.11. The first kappa shape index (κ1) is 17.6. The molecule has 2 rings (SSSR count). The molecular weight excluding hydrogens is 324 g/mol. The molecule has 2 aromatic rings. The van der Waals surface area contributed by atoms with Gasteiger partial charge in [0, 0.05) is 5.56 Å². The molecule has 0 unspecified atom stereocenters. The van der Waals surface area contributed by atoms with E-state index >= 15 is 0 Å². The van der Waals surface area contributed by atoms with Crippen LogP contribution in [0.2, 0.25) is 0 Å². The molecule has 0 radical (unpaired) electrons. The van der Waals surface area contributed by atoms with Crippen LogP contribution in [-0.2, 0) is 16.1 Å². The molecule has 5 nitrogen and oxygen atoms in total. The molecule has 0 aliphatic carbocycles.